The van der Waals surface area contributed by atoms with Gasteiger partial charge in [-0.3, -0.25) is 25.0 Å². The highest BCUT2D eigenvalue weighted by Gasteiger charge is 2.29. The van der Waals surface area contributed by atoms with Crippen LogP contribution in [0.5, 0.6) is 0 Å². The van der Waals surface area contributed by atoms with E-state index >= 15 is 0 Å². The van der Waals surface area contributed by atoms with Gasteiger partial charge in [0.25, 0.3) is 11.6 Å². The summed E-state index contributed by atoms with van der Waals surface area (Å²) in [6, 6.07) is 4.62. The van der Waals surface area contributed by atoms with Crippen LogP contribution in [-0.4, -0.2) is 41.8 Å². The van der Waals surface area contributed by atoms with Crippen LogP contribution in [-0.2, 0) is 14.3 Å². The molecule has 0 saturated heterocycles. The molecule has 0 unspecified atom stereocenters. The fourth-order valence-corrected chi connectivity index (χ4v) is 2.55. The van der Waals surface area contributed by atoms with Crippen LogP contribution in [0, 0.1) is 17.0 Å². The molecule has 1 N–H and O–H groups in total. The molecule has 2 rings (SSSR count). The second-order valence-electron chi connectivity index (χ2n) is 5.94. The lowest BCUT2D eigenvalue weighted by Gasteiger charge is -2.07. The lowest BCUT2D eigenvalue weighted by Crippen LogP contribution is -2.22. The number of rotatable bonds is 8. The normalized spacial score (nSPS) is 10.2. The Labute approximate surface area is 170 Å². The van der Waals surface area contributed by atoms with Crippen molar-refractivity contribution < 1.29 is 38.0 Å². The minimum atomic E-state index is -0.884. The zero-order valence-electron chi connectivity index (χ0n) is 16.3. The van der Waals surface area contributed by atoms with Crippen molar-refractivity contribution in [1.29, 1.82) is 0 Å². The van der Waals surface area contributed by atoms with E-state index in [0.717, 1.165) is 12.1 Å². The lowest BCUT2D eigenvalue weighted by molar-refractivity contribution is -0.384. The number of carbonyl (C=O) groups excluding carboxylic acids is 4. The molecule has 158 valence electrons. The van der Waals surface area contributed by atoms with E-state index in [4.69, 9.17) is 13.9 Å². The van der Waals surface area contributed by atoms with Crippen molar-refractivity contribution in [2.75, 3.05) is 18.5 Å². The average molecular weight is 418 g/mol. The number of benzene rings is 1. The van der Waals surface area contributed by atoms with Gasteiger partial charge in [-0.05, 0) is 32.9 Å². The number of carbonyl (C=O) groups is 4. The topological polar surface area (TPSA) is 155 Å². The van der Waals surface area contributed by atoms with Crippen molar-refractivity contribution in [3.8, 4) is 0 Å². The Balaban J connectivity index is 2.10. The van der Waals surface area contributed by atoms with E-state index in [1.807, 2.05) is 0 Å². The fraction of sp³-hybridized carbons (Fsp3) is 0.263. The van der Waals surface area contributed by atoms with Crippen LogP contribution in [0.1, 0.15) is 50.7 Å². The third kappa shape index (κ3) is 5.07. The minimum Gasteiger partial charge on any atom is -0.462 e. The molecular formula is C19H18N2O9. The van der Waals surface area contributed by atoms with Gasteiger partial charge in [0.05, 0.1) is 22.7 Å². The highest BCUT2D eigenvalue weighted by atomic mass is 16.6. The maximum Gasteiger partial charge on any atom is 0.344 e. The second-order valence-corrected chi connectivity index (χ2v) is 5.94. The minimum absolute atomic E-state index is 0.00771. The predicted molar refractivity (Wildman–Crippen MR) is 101 cm³/mol. The number of aryl methyl sites for hydroxylation is 1. The van der Waals surface area contributed by atoms with E-state index in [1.54, 1.807) is 6.92 Å². The molecule has 0 spiro atoms. The van der Waals surface area contributed by atoms with Gasteiger partial charge in [-0.1, -0.05) is 0 Å². The van der Waals surface area contributed by atoms with Gasteiger partial charge in [0.1, 0.15) is 11.3 Å². The molecule has 0 aliphatic carbocycles. The van der Waals surface area contributed by atoms with E-state index in [-0.39, 0.29) is 40.6 Å². The number of ketones is 1. The molecule has 11 nitrogen and oxygen atoms in total. The summed E-state index contributed by atoms with van der Waals surface area (Å²) in [6.07, 6.45) is 0. The monoisotopic (exact) mass is 418 g/mol. The standard InChI is InChI=1S/C19H18N2O9/c1-4-28-19(25)16-15(10(2)22)11(3)30-17(16)20-14(23)9-29-18(24)12-5-7-13(8-6-12)21(26)27/h5-8H,4,9H2,1-3H3,(H,20,23). The molecule has 0 aliphatic heterocycles. The highest BCUT2D eigenvalue weighted by molar-refractivity contribution is 6.10. The van der Waals surface area contributed by atoms with Crippen LogP contribution in [0.15, 0.2) is 28.7 Å². The van der Waals surface area contributed by atoms with Crippen molar-refractivity contribution in [2.24, 2.45) is 0 Å². The lowest BCUT2D eigenvalue weighted by atomic mass is 10.1. The van der Waals surface area contributed by atoms with Crippen LogP contribution < -0.4 is 5.32 Å². The molecular weight excluding hydrogens is 400 g/mol. The molecule has 1 heterocycles. The number of hydrogen-bond acceptors (Lipinski definition) is 9. The molecule has 2 aromatic rings. The molecule has 11 heteroatoms. The van der Waals surface area contributed by atoms with E-state index in [2.05, 4.69) is 5.32 Å². The van der Waals surface area contributed by atoms with Crippen LogP contribution in [0.3, 0.4) is 0 Å². The summed E-state index contributed by atoms with van der Waals surface area (Å²) in [4.78, 5) is 58.2. The van der Waals surface area contributed by atoms with Gasteiger partial charge in [0.2, 0.25) is 5.88 Å². The predicted octanol–water partition coefficient (Wildman–Crippen LogP) is 2.67. The van der Waals surface area contributed by atoms with E-state index in [9.17, 15) is 29.3 Å². The largest absolute Gasteiger partial charge is 0.462 e. The number of furan rings is 1. The Morgan fingerprint density at radius 1 is 1.07 bits per heavy atom. The van der Waals surface area contributed by atoms with Crippen LogP contribution in [0.25, 0.3) is 0 Å². The van der Waals surface area contributed by atoms with Crippen LogP contribution >= 0.6 is 0 Å². The van der Waals surface area contributed by atoms with Gasteiger partial charge < -0.3 is 13.9 Å². The van der Waals surface area contributed by atoms with Crippen molar-refractivity contribution in [1.82, 2.24) is 0 Å². The smallest absolute Gasteiger partial charge is 0.344 e. The molecule has 1 aromatic heterocycles. The van der Waals surface area contributed by atoms with E-state index in [1.165, 1.54) is 26.0 Å². The van der Waals surface area contributed by atoms with Gasteiger partial charge in [-0.2, -0.15) is 0 Å². The number of nitro groups is 1. The highest BCUT2D eigenvalue weighted by Crippen LogP contribution is 2.28. The zero-order chi connectivity index (χ0) is 22.4. The quantitative estimate of drug-likeness (QED) is 0.295. The Bertz CT molecular complexity index is 1010. The molecule has 0 aliphatic rings. The maximum atomic E-state index is 12.2. The van der Waals surface area contributed by atoms with Gasteiger partial charge in [-0.25, -0.2) is 9.59 Å². The molecule has 1 amide bonds. The van der Waals surface area contributed by atoms with Crippen molar-refractivity contribution in [2.45, 2.75) is 20.8 Å². The molecule has 0 atom stereocenters. The number of nitrogens with zero attached hydrogens (tertiary/aromatic N) is 1. The second kappa shape index (κ2) is 9.45. The number of nitrogens with one attached hydrogen (secondary N) is 1. The SMILES string of the molecule is CCOC(=O)c1c(NC(=O)COC(=O)c2ccc([N+](=O)[O-])cc2)oc(C)c1C(C)=O. The van der Waals surface area contributed by atoms with Crippen LogP contribution in [0.4, 0.5) is 11.6 Å². The Morgan fingerprint density at radius 3 is 2.23 bits per heavy atom. The number of hydrogen-bond donors (Lipinski definition) is 1. The van der Waals surface area contributed by atoms with Crippen LogP contribution in [0.2, 0.25) is 0 Å². The maximum absolute atomic E-state index is 12.2. The summed E-state index contributed by atoms with van der Waals surface area (Å²) in [5, 5.41) is 12.9. The van der Waals surface area contributed by atoms with Gasteiger partial charge >= 0.3 is 11.9 Å². The number of nitro benzene ring substituents is 1. The summed E-state index contributed by atoms with van der Waals surface area (Å²) in [5.41, 5.74) is -0.443. The Hall–Kier alpha value is -4.02. The molecule has 0 bridgehead atoms. The summed E-state index contributed by atoms with van der Waals surface area (Å²) in [7, 11) is 0. The number of anilines is 1. The molecule has 1 aromatic carbocycles. The zero-order valence-corrected chi connectivity index (χ0v) is 16.3. The van der Waals surface area contributed by atoms with Gasteiger partial charge in [0, 0.05) is 12.1 Å². The van der Waals surface area contributed by atoms with Crippen molar-refractivity contribution in [3.63, 3.8) is 0 Å². The van der Waals surface area contributed by atoms with E-state index < -0.39 is 35.2 Å². The van der Waals surface area contributed by atoms with Crippen molar-refractivity contribution in [3.05, 3.63) is 56.8 Å². The number of ether oxygens (including phenoxy) is 2. The number of non-ortho nitro benzene ring substituents is 1. The Kier molecular flexibility index (Phi) is 7.02. The third-order valence-electron chi connectivity index (χ3n) is 3.82. The van der Waals surface area contributed by atoms with E-state index in [0.29, 0.717) is 0 Å². The van der Waals surface area contributed by atoms with Gasteiger partial charge in [-0.15, -0.1) is 0 Å². The number of esters is 2. The summed E-state index contributed by atoms with van der Waals surface area (Å²) in [5.74, 6) is -3.20. The summed E-state index contributed by atoms with van der Waals surface area (Å²) in [6.45, 7) is 3.57. The average Bonchev–Trinajstić information content (AvgIpc) is 3.02. The Morgan fingerprint density at radius 2 is 1.70 bits per heavy atom. The molecule has 30 heavy (non-hydrogen) atoms. The van der Waals surface area contributed by atoms with Crippen molar-refractivity contribution >= 4 is 35.2 Å². The first-order chi connectivity index (χ1) is 14.1. The molecule has 0 fully saturated rings. The van der Waals surface area contributed by atoms with Gasteiger partial charge in [0.15, 0.2) is 12.4 Å². The first-order valence-corrected chi connectivity index (χ1v) is 8.68. The first-order valence-electron chi connectivity index (χ1n) is 8.68. The molecule has 0 saturated carbocycles. The number of Topliss-reactive ketones (excluding diaryl/α,β-unsaturated/α-hetero) is 1. The summed E-state index contributed by atoms with van der Waals surface area (Å²) >= 11 is 0. The fourth-order valence-electron chi connectivity index (χ4n) is 2.55. The summed E-state index contributed by atoms with van der Waals surface area (Å²) < 4.78 is 15.1. The first kappa shape index (κ1) is 22.3. The third-order valence-corrected chi connectivity index (χ3v) is 3.82. The number of amides is 1. The molecule has 0 radical (unpaired) electrons.